The van der Waals surface area contributed by atoms with E-state index in [9.17, 15) is 4.79 Å². The molecule has 2 bridgehead atoms. The third-order valence-electron chi connectivity index (χ3n) is 4.39. The monoisotopic (exact) mass is 210 g/mol. The molecule has 15 heavy (non-hydrogen) atoms. The van der Waals surface area contributed by atoms with Gasteiger partial charge in [0, 0.05) is 19.1 Å². The van der Waals surface area contributed by atoms with E-state index in [-0.39, 0.29) is 23.9 Å². The number of hydrogen-bond acceptors (Lipinski definition) is 2. The van der Waals surface area contributed by atoms with Gasteiger partial charge in [-0.15, -0.1) is 0 Å². The van der Waals surface area contributed by atoms with Crippen LogP contribution in [0.25, 0.3) is 0 Å². The zero-order chi connectivity index (χ0) is 11.2. The van der Waals surface area contributed by atoms with Crippen molar-refractivity contribution >= 4 is 5.91 Å². The molecule has 0 aromatic rings. The zero-order valence-corrected chi connectivity index (χ0v) is 9.94. The molecule has 3 heteroatoms. The van der Waals surface area contributed by atoms with Gasteiger partial charge in [0.15, 0.2) is 0 Å². The Morgan fingerprint density at radius 3 is 2.40 bits per heavy atom. The highest BCUT2D eigenvalue weighted by Crippen LogP contribution is 2.48. The minimum Gasteiger partial charge on any atom is -0.343 e. The van der Waals surface area contributed by atoms with E-state index in [1.807, 2.05) is 11.9 Å². The average molecular weight is 210 g/mol. The van der Waals surface area contributed by atoms with Crippen molar-refractivity contribution in [1.82, 2.24) is 4.90 Å². The molecule has 2 aliphatic rings. The first-order valence-corrected chi connectivity index (χ1v) is 6.04. The topological polar surface area (TPSA) is 46.3 Å². The van der Waals surface area contributed by atoms with Crippen LogP contribution in [0.1, 0.15) is 33.1 Å². The molecule has 0 saturated heterocycles. The van der Waals surface area contributed by atoms with Crippen LogP contribution in [0.2, 0.25) is 0 Å². The van der Waals surface area contributed by atoms with Crippen LogP contribution in [0.3, 0.4) is 0 Å². The second-order valence-electron chi connectivity index (χ2n) is 5.48. The normalized spacial score (nSPS) is 38.7. The molecular weight excluding hydrogens is 188 g/mol. The van der Waals surface area contributed by atoms with Gasteiger partial charge in [-0.25, -0.2) is 0 Å². The first-order chi connectivity index (χ1) is 7.02. The predicted octanol–water partition coefficient (Wildman–Crippen LogP) is 1.23. The Balaban J connectivity index is 2.08. The van der Waals surface area contributed by atoms with Gasteiger partial charge in [0.1, 0.15) is 0 Å². The fourth-order valence-electron chi connectivity index (χ4n) is 3.19. The fraction of sp³-hybridized carbons (Fsp3) is 0.917. The van der Waals surface area contributed by atoms with Gasteiger partial charge in [-0.05, 0) is 44.9 Å². The lowest BCUT2D eigenvalue weighted by Gasteiger charge is -2.32. The van der Waals surface area contributed by atoms with Crippen LogP contribution in [0, 0.1) is 17.8 Å². The molecule has 4 atom stereocenters. The number of nitrogens with zero attached hydrogens (tertiary/aromatic N) is 1. The summed E-state index contributed by atoms with van der Waals surface area (Å²) in [4.78, 5) is 14.1. The van der Waals surface area contributed by atoms with Gasteiger partial charge < -0.3 is 10.6 Å². The van der Waals surface area contributed by atoms with Crippen LogP contribution in [0.15, 0.2) is 0 Å². The highest BCUT2D eigenvalue weighted by Gasteiger charge is 2.49. The largest absolute Gasteiger partial charge is 0.343 e. The molecule has 2 rings (SSSR count). The molecule has 0 aliphatic heterocycles. The maximum atomic E-state index is 12.2. The summed E-state index contributed by atoms with van der Waals surface area (Å²) in [6.07, 6.45) is 3.63. The first kappa shape index (κ1) is 10.9. The molecule has 0 aromatic carbocycles. The van der Waals surface area contributed by atoms with Crippen LogP contribution < -0.4 is 5.73 Å². The molecule has 3 nitrogen and oxygen atoms in total. The Labute approximate surface area is 92.0 Å². The van der Waals surface area contributed by atoms with Gasteiger partial charge in [-0.2, -0.15) is 0 Å². The minimum atomic E-state index is 0.108. The van der Waals surface area contributed by atoms with Gasteiger partial charge in [0.2, 0.25) is 5.91 Å². The van der Waals surface area contributed by atoms with E-state index in [1.165, 1.54) is 19.3 Å². The van der Waals surface area contributed by atoms with Crippen molar-refractivity contribution in [2.24, 2.45) is 23.5 Å². The van der Waals surface area contributed by atoms with Crippen molar-refractivity contribution in [2.75, 3.05) is 7.05 Å². The van der Waals surface area contributed by atoms with Gasteiger partial charge in [-0.1, -0.05) is 0 Å². The zero-order valence-electron chi connectivity index (χ0n) is 9.94. The van der Waals surface area contributed by atoms with Gasteiger partial charge in [0.25, 0.3) is 0 Å². The summed E-state index contributed by atoms with van der Waals surface area (Å²) in [5, 5.41) is 0. The number of carbonyl (C=O) groups excluding carboxylic acids is 1. The SMILES string of the molecule is CC(C)N(C)C(=O)C1C2CCC(C2)C1N. The van der Waals surface area contributed by atoms with Gasteiger partial charge >= 0.3 is 0 Å². The number of amides is 1. The highest BCUT2D eigenvalue weighted by atomic mass is 16.2. The van der Waals surface area contributed by atoms with E-state index in [2.05, 4.69) is 13.8 Å². The molecule has 0 radical (unpaired) electrons. The Morgan fingerprint density at radius 1 is 1.33 bits per heavy atom. The third kappa shape index (κ3) is 1.67. The van der Waals surface area contributed by atoms with Crippen molar-refractivity contribution in [2.45, 2.75) is 45.2 Å². The average Bonchev–Trinajstić information content (AvgIpc) is 2.75. The summed E-state index contributed by atoms with van der Waals surface area (Å²) >= 11 is 0. The number of rotatable bonds is 2. The van der Waals surface area contributed by atoms with Crippen LogP contribution in [0.4, 0.5) is 0 Å². The van der Waals surface area contributed by atoms with Crippen molar-refractivity contribution in [1.29, 1.82) is 0 Å². The molecule has 0 aromatic heterocycles. The molecule has 2 N–H and O–H groups in total. The second kappa shape index (κ2) is 3.78. The quantitative estimate of drug-likeness (QED) is 0.745. The van der Waals surface area contributed by atoms with E-state index in [1.54, 1.807) is 0 Å². The summed E-state index contributed by atoms with van der Waals surface area (Å²) in [5.74, 6) is 1.56. The van der Waals surface area contributed by atoms with Crippen LogP contribution in [-0.2, 0) is 4.79 Å². The molecule has 0 spiro atoms. The molecule has 0 heterocycles. The lowest BCUT2D eigenvalue weighted by Crippen LogP contribution is -2.47. The van der Waals surface area contributed by atoms with Crippen LogP contribution >= 0.6 is 0 Å². The number of fused-ring (bicyclic) bond motifs is 2. The van der Waals surface area contributed by atoms with E-state index in [0.717, 1.165) is 0 Å². The fourth-order valence-corrected chi connectivity index (χ4v) is 3.19. The molecule has 2 fully saturated rings. The maximum Gasteiger partial charge on any atom is 0.227 e. The number of hydrogen-bond donors (Lipinski definition) is 1. The van der Waals surface area contributed by atoms with Crippen molar-refractivity contribution < 1.29 is 4.79 Å². The highest BCUT2D eigenvalue weighted by molar-refractivity contribution is 5.80. The standard InChI is InChI=1S/C12H22N2O/c1-7(2)14(3)12(15)10-8-4-5-9(6-8)11(10)13/h7-11H,4-6,13H2,1-3H3. The van der Waals surface area contributed by atoms with Crippen molar-refractivity contribution in [3.05, 3.63) is 0 Å². The molecule has 2 aliphatic carbocycles. The third-order valence-corrected chi connectivity index (χ3v) is 4.39. The van der Waals surface area contributed by atoms with Gasteiger partial charge in [-0.3, -0.25) is 4.79 Å². The molecule has 86 valence electrons. The summed E-state index contributed by atoms with van der Waals surface area (Å²) in [5.41, 5.74) is 6.16. The molecule has 4 unspecified atom stereocenters. The van der Waals surface area contributed by atoms with E-state index in [4.69, 9.17) is 5.73 Å². The van der Waals surface area contributed by atoms with Crippen LogP contribution in [0.5, 0.6) is 0 Å². The van der Waals surface area contributed by atoms with E-state index in [0.29, 0.717) is 11.8 Å². The second-order valence-corrected chi connectivity index (χ2v) is 5.48. The Kier molecular flexibility index (Phi) is 2.75. The summed E-state index contributed by atoms with van der Waals surface area (Å²) in [7, 11) is 1.89. The smallest absolute Gasteiger partial charge is 0.227 e. The van der Waals surface area contributed by atoms with Crippen molar-refractivity contribution in [3.63, 3.8) is 0 Å². The van der Waals surface area contributed by atoms with Crippen LogP contribution in [-0.4, -0.2) is 29.9 Å². The van der Waals surface area contributed by atoms with Crippen molar-refractivity contribution in [3.8, 4) is 0 Å². The maximum absolute atomic E-state index is 12.2. The summed E-state index contributed by atoms with van der Waals surface area (Å²) < 4.78 is 0. The van der Waals surface area contributed by atoms with E-state index < -0.39 is 0 Å². The lowest BCUT2D eigenvalue weighted by atomic mass is 9.84. The summed E-state index contributed by atoms with van der Waals surface area (Å²) in [6.45, 7) is 4.10. The number of nitrogens with two attached hydrogens (primary N) is 1. The van der Waals surface area contributed by atoms with Gasteiger partial charge in [0.05, 0.1) is 5.92 Å². The Hall–Kier alpha value is -0.570. The Bertz CT molecular complexity index is 262. The molecule has 1 amide bonds. The molecular formula is C12H22N2O. The predicted molar refractivity (Wildman–Crippen MR) is 60.2 cm³/mol. The molecule has 2 saturated carbocycles. The first-order valence-electron chi connectivity index (χ1n) is 6.04. The number of carbonyl (C=O) groups is 1. The van der Waals surface area contributed by atoms with E-state index >= 15 is 0 Å². The lowest BCUT2D eigenvalue weighted by molar-refractivity contribution is -0.137. The Morgan fingerprint density at radius 2 is 1.93 bits per heavy atom. The summed E-state index contributed by atoms with van der Waals surface area (Å²) in [6, 6.07) is 0.404. The minimum absolute atomic E-state index is 0.108.